The minimum absolute atomic E-state index is 0.0690. The van der Waals surface area contributed by atoms with E-state index in [1.807, 2.05) is 0 Å². The van der Waals surface area contributed by atoms with Gasteiger partial charge in [0.2, 0.25) is 10.0 Å². The molecule has 7 heteroatoms. The van der Waals surface area contributed by atoms with Crippen LogP contribution in [0.3, 0.4) is 0 Å². The number of morpholine rings is 1. The molecular weight excluding hydrogens is 295 g/mol. The Hall–Kier alpha value is -1.57. The molecule has 2 aromatic rings. The molecule has 1 aromatic heterocycles. The van der Waals surface area contributed by atoms with E-state index in [1.54, 1.807) is 19.1 Å². The molecule has 3 rings (SSSR count). The topological polar surface area (TPSA) is 59.5 Å². The number of sulfonamides is 1. The van der Waals surface area contributed by atoms with Gasteiger partial charge in [-0.1, -0.05) is 0 Å². The van der Waals surface area contributed by atoms with Gasteiger partial charge in [0.05, 0.1) is 18.1 Å². The lowest BCUT2D eigenvalue weighted by molar-refractivity contribution is 0.0393. The van der Waals surface area contributed by atoms with Gasteiger partial charge in [-0.05, 0) is 31.2 Å². The molecule has 0 radical (unpaired) electrons. The minimum atomic E-state index is -3.71. The summed E-state index contributed by atoms with van der Waals surface area (Å²) in [6.45, 7) is 2.81. The highest BCUT2D eigenvalue weighted by atomic mass is 32.2. The molecule has 112 valence electrons. The second-order valence-corrected chi connectivity index (χ2v) is 6.84. The van der Waals surface area contributed by atoms with Crippen molar-refractivity contribution in [2.75, 3.05) is 19.8 Å². The van der Waals surface area contributed by atoms with E-state index < -0.39 is 15.8 Å². The van der Waals surface area contributed by atoms with Gasteiger partial charge in [-0.15, -0.1) is 0 Å². The Kier molecular flexibility index (Phi) is 3.64. The molecule has 21 heavy (non-hydrogen) atoms. The quantitative estimate of drug-likeness (QED) is 0.848. The fourth-order valence-corrected chi connectivity index (χ4v) is 4.32. The van der Waals surface area contributed by atoms with E-state index in [0.29, 0.717) is 25.1 Å². The van der Waals surface area contributed by atoms with Crippen LogP contribution in [-0.2, 0) is 14.8 Å². The van der Waals surface area contributed by atoms with Crippen molar-refractivity contribution >= 4 is 20.9 Å². The van der Waals surface area contributed by atoms with Crippen LogP contribution in [0.25, 0.3) is 10.9 Å². The molecule has 0 saturated carbocycles. The molecule has 1 aliphatic heterocycles. The van der Waals surface area contributed by atoms with E-state index in [2.05, 4.69) is 4.98 Å². The number of nitrogens with zero attached hydrogens (tertiary/aromatic N) is 2. The van der Waals surface area contributed by atoms with Crippen LogP contribution in [0.1, 0.15) is 6.92 Å². The van der Waals surface area contributed by atoms with Crippen LogP contribution in [0.5, 0.6) is 0 Å². The fourth-order valence-electron chi connectivity index (χ4n) is 2.53. The van der Waals surface area contributed by atoms with Crippen LogP contribution < -0.4 is 0 Å². The van der Waals surface area contributed by atoms with Gasteiger partial charge in [0.15, 0.2) is 0 Å². The maximum Gasteiger partial charge on any atom is 0.244 e. The van der Waals surface area contributed by atoms with Gasteiger partial charge < -0.3 is 4.74 Å². The third kappa shape index (κ3) is 2.41. The van der Waals surface area contributed by atoms with Crippen LogP contribution in [0.2, 0.25) is 0 Å². The molecule has 1 atom stereocenters. The minimum Gasteiger partial charge on any atom is -0.378 e. The lowest BCUT2D eigenvalue weighted by Crippen LogP contribution is -2.46. The smallest absolute Gasteiger partial charge is 0.244 e. The number of ether oxygens (including phenoxy) is 1. The van der Waals surface area contributed by atoms with Crippen molar-refractivity contribution in [3.63, 3.8) is 0 Å². The molecule has 0 N–H and O–H groups in total. The summed E-state index contributed by atoms with van der Waals surface area (Å²) in [5.74, 6) is -0.528. The van der Waals surface area contributed by atoms with Gasteiger partial charge in [-0.2, -0.15) is 4.31 Å². The van der Waals surface area contributed by atoms with Crippen molar-refractivity contribution in [2.24, 2.45) is 0 Å². The Bertz CT molecular complexity index is 779. The number of fused-ring (bicyclic) bond motifs is 1. The third-order valence-electron chi connectivity index (χ3n) is 3.57. The largest absolute Gasteiger partial charge is 0.378 e. The van der Waals surface area contributed by atoms with Crippen LogP contribution in [0.4, 0.5) is 4.39 Å². The predicted molar refractivity (Wildman–Crippen MR) is 75.9 cm³/mol. The Balaban J connectivity index is 2.17. The predicted octanol–water partition coefficient (Wildman–Crippen LogP) is 1.78. The van der Waals surface area contributed by atoms with Crippen LogP contribution in [0.15, 0.2) is 35.4 Å². The monoisotopic (exact) mass is 310 g/mol. The first-order chi connectivity index (χ1) is 10.0. The van der Waals surface area contributed by atoms with Crippen molar-refractivity contribution in [2.45, 2.75) is 17.9 Å². The average Bonchev–Trinajstić information content (AvgIpc) is 2.48. The summed E-state index contributed by atoms with van der Waals surface area (Å²) in [5, 5.41) is 0.302. The molecule has 0 aliphatic carbocycles. The number of benzene rings is 1. The molecule has 1 aromatic carbocycles. The first kappa shape index (κ1) is 14.4. The van der Waals surface area contributed by atoms with Gasteiger partial charge in [0.25, 0.3) is 0 Å². The highest BCUT2D eigenvalue weighted by Gasteiger charge is 2.32. The van der Waals surface area contributed by atoms with Gasteiger partial charge in [-0.3, -0.25) is 4.98 Å². The molecule has 1 saturated heterocycles. The Morgan fingerprint density at radius 3 is 2.95 bits per heavy atom. The number of hydrogen-bond donors (Lipinski definition) is 0. The van der Waals surface area contributed by atoms with E-state index in [4.69, 9.17) is 4.74 Å². The Morgan fingerprint density at radius 1 is 1.38 bits per heavy atom. The molecule has 1 unspecified atom stereocenters. The lowest BCUT2D eigenvalue weighted by atomic mass is 10.2. The zero-order chi connectivity index (χ0) is 15.0. The fraction of sp³-hybridized carbons (Fsp3) is 0.357. The number of aromatic nitrogens is 1. The molecule has 1 fully saturated rings. The first-order valence-electron chi connectivity index (χ1n) is 6.64. The SMILES string of the molecule is CC1COCCN1S(=O)(=O)c1ccc(F)c2ncccc12. The van der Waals surface area contributed by atoms with Crippen molar-refractivity contribution < 1.29 is 17.5 Å². The summed E-state index contributed by atoms with van der Waals surface area (Å²) >= 11 is 0. The summed E-state index contributed by atoms with van der Waals surface area (Å²) in [7, 11) is -3.71. The number of hydrogen-bond acceptors (Lipinski definition) is 4. The van der Waals surface area contributed by atoms with E-state index in [9.17, 15) is 12.8 Å². The average molecular weight is 310 g/mol. The van der Waals surface area contributed by atoms with E-state index in [-0.39, 0.29) is 16.5 Å². The zero-order valence-corrected chi connectivity index (χ0v) is 12.3. The summed E-state index contributed by atoms with van der Waals surface area (Å²) < 4.78 is 46.1. The van der Waals surface area contributed by atoms with Gasteiger partial charge in [-0.25, -0.2) is 12.8 Å². The maximum absolute atomic E-state index is 13.8. The zero-order valence-electron chi connectivity index (χ0n) is 11.5. The van der Waals surface area contributed by atoms with Crippen molar-refractivity contribution in [3.05, 3.63) is 36.3 Å². The van der Waals surface area contributed by atoms with Crippen molar-refractivity contribution in [1.29, 1.82) is 0 Å². The maximum atomic E-state index is 13.8. The molecule has 0 amide bonds. The molecular formula is C14H15FN2O3S. The van der Waals surface area contributed by atoms with Crippen molar-refractivity contribution in [1.82, 2.24) is 9.29 Å². The summed E-state index contributed by atoms with van der Waals surface area (Å²) in [5.41, 5.74) is 0.0690. The summed E-state index contributed by atoms with van der Waals surface area (Å²) in [6, 6.07) is 5.37. The van der Waals surface area contributed by atoms with Crippen LogP contribution >= 0.6 is 0 Å². The number of halogens is 1. The van der Waals surface area contributed by atoms with Gasteiger partial charge in [0, 0.05) is 24.2 Å². The third-order valence-corrected chi connectivity index (χ3v) is 5.65. The van der Waals surface area contributed by atoms with E-state index in [0.717, 1.165) is 6.07 Å². The van der Waals surface area contributed by atoms with Gasteiger partial charge >= 0.3 is 0 Å². The Labute approximate surface area is 122 Å². The molecule has 0 spiro atoms. The normalized spacial score (nSPS) is 20.8. The van der Waals surface area contributed by atoms with E-state index in [1.165, 1.54) is 16.6 Å². The lowest BCUT2D eigenvalue weighted by Gasteiger charge is -2.32. The summed E-state index contributed by atoms with van der Waals surface area (Å²) in [6.07, 6.45) is 1.44. The standard InChI is InChI=1S/C14H15FN2O3S/c1-10-9-20-8-7-17(10)21(18,19)13-5-4-12(15)14-11(13)3-2-6-16-14/h2-6,10H,7-9H2,1H3. The van der Waals surface area contributed by atoms with Crippen LogP contribution in [-0.4, -0.2) is 43.5 Å². The van der Waals surface area contributed by atoms with E-state index >= 15 is 0 Å². The molecule has 0 bridgehead atoms. The Morgan fingerprint density at radius 2 is 2.19 bits per heavy atom. The number of rotatable bonds is 2. The van der Waals surface area contributed by atoms with Gasteiger partial charge in [0.1, 0.15) is 11.3 Å². The summed E-state index contributed by atoms with van der Waals surface area (Å²) in [4.78, 5) is 4.02. The highest BCUT2D eigenvalue weighted by Crippen LogP contribution is 2.28. The highest BCUT2D eigenvalue weighted by molar-refractivity contribution is 7.89. The molecule has 2 heterocycles. The second kappa shape index (κ2) is 5.32. The van der Waals surface area contributed by atoms with Crippen LogP contribution in [0, 0.1) is 5.82 Å². The number of pyridine rings is 1. The molecule has 1 aliphatic rings. The van der Waals surface area contributed by atoms with Crippen molar-refractivity contribution in [3.8, 4) is 0 Å². The molecule has 5 nitrogen and oxygen atoms in total. The second-order valence-electron chi connectivity index (χ2n) is 4.98. The first-order valence-corrected chi connectivity index (χ1v) is 8.08.